The number of para-hydroxylation sites is 1. The number of fused-ring (bicyclic) bond motifs is 3. The Labute approximate surface area is 174 Å². The Morgan fingerprint density at radius 2 is 1.38 bits per heavy atom. The topological polar surface area (TPSA) is 11.4 Å². The summed E-state index contributed by atoms with van der Waals surface area (Å²) in [4.78, 5) is 4.81. The van der Waals surface area contributed by atoms with Crippen LogP contribution in [0.5, 0.6) is 0 Å². The molecule has 4 aromatic rings. The number of rotatable bonds is 8. The van der Waals surface area contributed by atoms with Gasteiger partial charge in [0.2, 0.25) is 0 Å². The van der Waals surface area contributed by atoms with E-state index in [1.807, 2.05) is 0 Å². The smallest absolute Gasteiger partial charge is 0.0491 e. The van der Waals surface area contributed by atoms with E-state index >= 15 is 0 Å². The fourth-order valence-corrected chi connectivity index (χ4v) is 4.20. The molecule has 1 aromatic heterocycles. The Balaban J connectivity index is 1.65. The lowest BCUT2D eigenvalue weighted by molar-refractivity contribution is 0.226. The van der Waals surface area contributed by atoms with Crippen LogP contribution in [0.1, 0.15) is 18.1 Å². The fraction of sp³-hybridized carbons (Fsp3) is 0.308. The van der Waals surface area contributed by atoms with Crippen LogP contribution in [-0.2, 0) is 19.6 Å². The van der Waals surface area contributed by atoms with E-state index in [0.29, 0.717) is 0 Å². The summed E-state index contributed by atoms with van der Waals surface area (Å²) in [5.74, 6) is 0. The maximum absolute atomic E-state index is 2.55. The van der Waals surface area contributed by atoms with Gasteiger partial charge >= 0.3 is 0 Å². The zero-order valence-corrected chi connectivity index (χ0v) is 17.8. The van der Waals surface area contributed by atoms with Gasteiger partial charge in [0.1, 0.15) is 0 Å². The molecule has 0 amide bonds. The highest BCUT2D eigenvalue weighted by atomic mass is 15.2. The minimum atomic E-state index is 0.963. The Morgan fingerprint density at radius 1 is 0.690 bits per heavy atom. The lowest BCUT2D eigenvalue weighted by Crippen LogP contribution is -2.31. The van der Waals surface area contributed by atoms with Crippen LogP contribution < -0.4 is 0 Å². The van der Waals surface area contributed by atoms with Gasteiger partial charge in [-0.3, -0.25) is 4.90 Å². The van der Waals surface area contributed by atoms with Crippen LogP contribution in [0, 0.1) is 0 Å². The third-order valence-electron chi connectivity index (χ3n) is 5.67. The van der Waals surface area contributed by atoms with Crippen molar-refractivity contribution in [2.75, 3.05) is 27.2 Å². The average molecular weight is 386 g/mol. The summed E-state index contributed by atoms with van der Waals surface area (Å²) in [6.45, 7) is 7.27. The van der Waals surface area contributed by atoms with Crippen LogP contribution in [0.4, 0.5) is 0 Å². The molecule has 0 atom stereocenters. The van der Waals surface area contributed by atoms with Gasteiger partial charge in [-0.15, -0.1) is 0 Å². The zero-order valence-electron chi connectivity index (χ0n) is 17.8. The molecule has 0 N–H and O–H groups in total. The molecule has 0 aliphatic carbocycles. The third kappa shape index (κ3) is 4.36. The molecule has 4 rings (SSSR count). The largest absolute Gasteiger partial charge is 0.341 e. The Kier molecular flexibility index (Phi) is 5.98. The second-order valence-corrected chi connectivity index (χ2v) is 8.11. The predicted molar refractivity (Wildman–Crippen MR) is 124 cm³/mol. The Morgan fingerprint density at radius 3 is 2.14 bits per heavy atom. The van der Waals surface area contributed by atoms with Crippen molar-refractivity contribution in [2.24, 2.45) is 0 Å². The maximum atomic E-state index is 2.55. The summed E-state index contributed by atoms with van der Waals surface area (Å²) in [6, 6.07) is 26.6. The van der Waals surface area contributed by atoms with Gasteiger partial charge in [0.15, 0.2) is 0 Å². The van der Waals surface area contributed by atoms with Gasteiger partial charge in [0.05, 0.1) is 0 Å². The van der Waals surface area contributed by atoms with Crippen LogP contribution in [0.15, 0.2) is 72.8 Å². The first kappa shape index (κ1) is 19.7. The van der Waals surface area contributed by atoms with Crippen LogP contribution in [0.3, 0.4) is 0 Å². The molecule has 3 nitrogen and oxygen atoms in total. The number of likely N-dealkylation sites (N-methyl/N-ethyl adjacent to an activating group) is 1. The molecule has 3 aromatic carbocycles. The Bertz CT molecular complexity index is 1080. The monoisotopic (exact) mass is 385 g/mol. The number of nitrogens with zero attached hydrogens (tertiary/aromatic N) is 3. The van der Waals surface area contributed by atoms with Crippen LogP contribution in [0.25, 0.3) is 21.8 Å². The normalized spacial score (nSPS) is 11.9. The lowest BCUT2D eigenvalue weighted by Gasteiger charge is -2.24. The molecule has 0 saturated heterocycles. The molecule has 0 fully saturated rings. The standard InChI is InChI=1S/C26H31N3/c1-4-29-25-13-9-8-12-23(25)24-18-22(14-15-26(24)29)20-28(17-16-27(2)3)19-21-10-6-5-7-11-21/h5-15,18H,4,16-17,19-20H2,1-3H3. The van der Waals surface area contributed by atoms with Gasteiger partial charge in [0.25, 0.3) is 0 Å². The highest BCUT2D eigenvalue weighted by molar-refractivity contribution is 6.08. The Hall–Kier alpha value is -2.62. The van der Waals surface area contributed by atoms with E-state index in [2.05, 4.69) is 108 Å². The van der Waals surface area contributed by atoms with E-state index in [9.17, 15) is 0 Å². The molecule has 0 saturated carbocycles. The zero-order chi connectivity index (χ0) is 20.2. The molecule has 0 spiro atoms. The fourth-order valence-electron chi connectivity index (χ4n) is 4.20. The number of hydrogen-bond donors (Lipinski definition) is 0. The molecule has 150 valence electrons. The SMILES string of the molecule is CCn1c2ccccc2c2cc(CN(CCN(C)C)Cc3ccccc3)ccc21. The first-order valence-electron chi connectivity index (χ1n) is 10.6. The van der Waals surface area contributed by atoms with Gasteiger partial charge in [-0.05, 0) is 50.3 Å². The van der Waals surface area contributed by atoms with Gasteiger partial charge in [-0.1, -0.05) is 54.6 Å². The quantitative estimate of drug-likeness (QED) is 0.403. The van der Waals surface area contributed by atoms with Gasteiger partial charge < -0.3 is 9.47 Å². The van der Waals surface area contributed by atoms with E-state index in [4.69, 9.17) is 0 Å². The highest BCUT2D eigenvalue weighted by Gasteiger charge is 2.12. The molecular formula is C26H31N3. The summed E-state index contributed by atoms with van der Waals surface area (Å²) in [5, 5.41) is 2.72. The van der Waals surface area contributed by atoms with E-state index < -0.39 is 0 Å². The summed E-state index contributed by atoms with van der Waals surface area (Å²) in [6.07, 6.45) is 0. The van der Waals surface area contributed by atoms with E-state index in [1.54, 1.807) is 0 Å². The van der Waals surface area contributed by atoms with Crippen molar-refractivity contribution < 1.29 is 0 Å². The number of aromatic nitrogens is 1. The lowest BCUT2D eigenvalue weighted by atomic mass is 10.1. The van der Waals surface area contributed by atoms with Crippen LogP contribution in [-0.4, -0.2) is 41.6 Å². The molecule has 1 heterocycles. The van der Waals surface area contributed by atoms with Crippen molar-refractivity contribution in [3.8, 4) is 0 Å². The van der Waals surface area contributed by atoms with E-state index in [0.717, 1.165) is 32.7 Å². The second-order valence-electron chi connectivity index (χ2n) is 8.11. The number of hydrogen-bond acceptors (Lipinski definition) is 2. The molecule has 3 heteroatoms. The summed E-state index contributed by atoms with van der Waals surface area (Å²) < 4.78 is 2.42. The first-order chi connectivity index (χ1) is 14.2. The molecular weight excluding hydrogens is 354 g/mol. The van der Waals surface area contributed by atoms with Gasteiger partial charge in [-0.2, -0.15) is 0 Å². The molecule has 0 radical (unpaired) electrons. The van der Waals surface area contributed by atoms with E-state index in [1.165, 1.54) is 32.9 Å². The van der Waals surface area contributed by atoms with Crippen LogP contribution >= 0.6 is 0 Å². The molecule has 29 heavy (non-hydrogen) atoms. The van der Waals surface area contributed by atoms with Gasteiger partial charge in [-0.25, -0.2) is 0 Å². The number of aryl methyl sites for hydroxylation is 1. The van der Waals surface area contributed by atoms with E-state index in [-0.39, 0.29) is 0 Å². The van der Waals surface area contributed by atoms with Crippen molar-refractivity contribution >= 4 is 21.8 Å². The summed E-state index contributed by atoms with van der Waals surface area (Å²) >= 11 is 0. The molecule has 0 unspecified atom stereocenters. The minimum absolute atomic E-state index is 0.963. The van der Waals surface area contributed by atoms with Gasteiger partial charge in [0, 0.05) is 54.5 Å². The summed E-state index contributed by atoms with van der Waals surface area (Å²) in [7, 11) is 4.29. The average Bonchev–Trinajstić information content (AvgIpc) is 3.06. The van der Waals surface area contributed by atoms with Crippen LogP contribution in [0.2, 0.25) is 0 Å². The minimum Gasteiger partial charge on any atom is -0.341 e. The van der Waals surface area contributed by atoms with Crippen molar-refractivity contribution in [1.29, 1.82) is 0 Å². The van der Waals surface area contributed by atoms with Crippen molar-refractivity contribution in [1.82, 2.24) is 14.4 Å². The second kappa shape index (κ2) is 8.81. The predicted octanol–water partition coefficient (Wildman–Crippen LogP) is 5.38. The van der Waals surface area contributed by atoms with Crippen molar-refractivity contribution in [2.45, 2.75) is 26.6 Å². The summed E-state index contributed by atoms with van der Waals surface area (Å²) in [5.41, 5.74) is 5.41. The molecule has 0 bridgehead atoms. The molecule has 0 aliphatic heterocycles. The number of benzene rings is 3. The third-order valence-corrected chi connectivity index (χ3v) is 5.67. The molecule has 0 aliphatic rings. The van der Waals surface area contributed by atoms with Crippen molar-refractivity contribution in [3.05, 3.63) is 83.9 Å². The first-order valence-corrected chi connectivity index (χ1v) is 10.6. The van der Waals surface area contributed by atoms with Crippen molar-refractivity contribution in [3.63, 3.8) is 0 Å². The highest BCUT2D eigenvalue weighted by Crippen LogP contribution is 2.30. The maximum Gasteiger partial charge on any atom is 0.0491 e.